The highest BCUT2D eigenvalue weighted by atomic mass is 127. The first-order chi connectivity index (χ1) is 6.29. The molecule has 2 nitrogen and oxygen atoms in total. The van der Waals surface area contributed by atoms with E-state index < -0.39 is 0 Å². The van der Waals surface area contributed by atoms with E-state index in [9.17, 15) is 0 Å². The normalized spacial score (nSPS) is 37.4. The van der Waals surface area contributed by atoms with Gasteiger partial charge in [-0.15, -0.1) is 0 Å². The Labute approximate surface area is 94.1 Å². The molecule has 0 amide bonds. The maximum Gasteiger partial charge on any atom is 0.0825 e. The Kier molecular flexibility index (Phi) is 3.48. The number of ether oxygens (including phenoxy) is 1. The van der Waals surface area contributed by atoms with Gasteiger partial charge in [0, 0.05) is 30.2 Å². The molecular formula is C10H18INO. The Morgan fingerprint density at radius 3 is 2.31 bits per heavy atom. The van der Waals surface area contributed by atoms with Crippen molar-refractivity contribution in [1.82, 2.24) is 4.90 Å². The van der Waals surface area contributed by atoms with Crippen LogP contribution in [0.5, 0.6) is 0 Å². The van der Waals surface area contributed by atoms with Crippen molar-refractivity contribution in [3.05, 3.63) is 0 Å². The van der Waals surface area contributed by atoms with Gasteiger partial charge in [-0.05, 0) is 25.7 Å². The Morgan fingerprint density at radius 2 is 1.77 bits per heavy atom. The highest BCUT2D eigenvalue weighted by Gasteiger charge is 2.33. The molecule has 1 aliphatic heterocycles. The van der Waals surface area contributed by atoms with Gasteiger partial charge >= 0.3 is 0 Å². The van der Waals surface area contributed by atoms with Crippen LogP contribution in [0, 0.1) is 0 Å². The molecule has 1 heterocycles. The number of likely N-dealkylation sites (tertiary alicyclic amines) is 1. The molecule has 2 rings (SSSR count). The van der Waals surface area contributed by atoms with Gasteiger partial charge in [0.05, 0.1) is 6.10 Å². The zero-order valence-corrected chi connectivity index (χ0v) is 10.4. The van der Waals surface area contributed by atoms with E-state index >= 15 is 0 Å². The Morgan fingerprint density at radius 1 is 1.15 bits per heavy atom. The Bertz CT molecular complexity index is 162. The third kappa shape index (κ3) is 2.36. The molecule has 1 saturated heterocycles. The number of nitrogens with zero attached hydrogens (tertiary/aromatic N) is 1. The van der Waals surface area contributed by atoms with Crippen LogP contribution < -0.4 is 0 Å². The van der Waals surface area contributed by atoms with Gasteiger partial charge in [-0.25, -0.2) is 0 Å². The van der Waals surface area contributed by atoms with Crippen molar-refractivity contribution in [2.45, 2.75) is 41.8 Å². The van der Waals surface area contributed by atoms with Crippen LogP contribution in [0.25, 0.3) is 0 Å². The molecule has 0 aromatic rings. The van der Waals surface area contributed by atoms with Gasteiger partial charge in [0.2, 0.25) is 0 Å². The summed E-state index contributed by atoms with van der Waals surface area (Å²) in [6.45, 7) is 2.35. The van der Waals surface area contributed by atoms with Crippen LogP contribution >= 0.6 is 22.6 Å². The summed E-state index contributed by atoms with van der Waals surface area (Å²) in [6, 6.07) is 0.873. The molecule has 1 saturated carbocycles. The lowest BCUT2D eigenvalue weighted by Gasteiger charge is -2.45. The Balaban J connectivity index is 1.71. The molecule has 76 valence electrons. The third-order valence-corrected chi connectivity index (χ3v) is 4.60. The van der Waals surface area contributed by atoms with Crippen LogP contribution in [0.15, 0.2) is 0 Å². The van der Waals surface area contributed by atoms with E-state index in [1.54, 1.807) is 0 Å². The average Bonchev–Trinajstić information content (AvgIpc) is 2.06. The molecule has 0 radical (unpaired) electrons. The number of hydrogen-bond acceptors (Lipinski definition) is 2. The van der Waals surface area contributed by atoms with Crippen LogP contribution in [0.3, 0.4) is 0 Å². The number of methoxy groups -OCH3 is 1. The molecular weight excluding hydrogens is 277 g/mol. The molecule has 0 atom stereocenters. The summed E-state index contributed by atoms with van der Waals surface area (Å²) < 4.78 is 6.22. The van der Waals surface area contributed by atoms with Crippen LogP contribution in [0.2, 0.25) is 0 Å². The monoisotopic (exact) mass is 295 g/mol. The van der Waals surface area contributed by atoms with Crippen LogP contribution in [0.1, 0.15) is 25.7 Å². The van der Waals surface area contributed by atoms with Gasteiger partial charge in [0.15, 0.2) is 0 Å². The zero-order valence-electron chi connectivity index (χ0n) is 8.21. The molecule has 0 aromatic carbocycles. The van der Waals surface area contributed by atoms with Crippen molar-refractivity contribution in [3.63, 3.8) is 0 Å². The Hall–Kier alpha value is 0.650. The largest absolute Gasteiger partial charge is 0.379 e. The summed E-state index contributed by atoms with van der Waals surface area (Å²) in [7, 11) is 1.82. The number of halogens is 1. The van der Waals surface area contributed by atoms with Crippen molar-refractivity contribution in [2.24, 2.45) is 0 Å². The summed E-state index contributed by atoms with van der Waals surface area (Å²) in [5, 5.41) is 0. The van der Waals surface area contributed by atoms with E-state index in [4.69, 9.17) is 4.74 Å². The summed E-state index contributed by atoms with van der Waals surface area (Å²) >= 11 is 2.59. The van der Waals surface area contributed by atoms with Gasteiger partial charge in [-0.2, -0.15) is 0 Å². The average molecular weight is 295 g/mol. The fourth-order valence-corrected chi connectivity index (χ4v) is 3.04. The second-order valence-electron chi connectivity index (χ2n) is 4.22. The topological polar surface area (TPSA) is 12.5 Å². The number of hydrogen-bond donors (Lipinski definition) is 0. The van der Waals surface area contributed by atoms with E-state index in [0.717, 1.165) is 9.97 Å². The summed E-state index contributed by atoms with van der Waals surface area (Å²) in [5.41, 5.74) is 0. The summed E-state index contributed by atoms with van der Waals surface area (Å²) in [4.78, 5) is 2.59. The first-order valence-electron chi connectivity index (χ1n) is 5.20. The summed E-state index contributed by atoms with van der Waals surface area (Å²) in [6.07, 6.45) is 6.17. The SMILES string of the molecule is COC1CN([C@H]2CC[C@H](I)CC2)C1. The van der Waals surface area contributed by atoms with E-state index in [0.29, 0.717) is 6.10 Å². The van der Waals surface area contributed by atoms with Crippen molar-refractivity contribution >= 4 is 22.6 Å². The van der Waals surface area contributed by atoms with Crippen molar-refractivity contribution in [2.75, 3.05) is 20.2 Å². The molecule has 0 aromatic heterocycles. The molecule has 0 spiro atoms. The standard InChI is InChI=1S/C10H18INO/c1-13-10-6-12(7-10)9-4-2-8(11)3-5-9/h8-10H,2-7H2,1H3/t8-,9-. The van der Waals surface area contributed by atoms with Gasteiger partial charge in [0.25, 0.3) is 0 Å². The minimum absolute atomic E-state index is 0.525. The predicted molar refractivity (Wildman–Crippen MR) is 62.4 cm³/mol. The van der Waals surface area contributed by atoms with E-state index in [1.807, 2.05) is 7.11 Å². The molecule has 13 heavy (non-hydrogen) atoms. The maximum atomic E-state index is 5.29. The smallest absolute Gasteiger partial charge is 0.0825 e. The lowest BCUT2D eigenvalue weighted by Crippen LogP contribution is -2.56. The molecule has 2 aliphatic rings. The van der Waals surface area contributed by atoms with Crippen molar-refractivity contribution < 1.29 is 4.74 Å². The minimum Gasteiger partial charge on any atom is -0.379 e. The molecule has 2 fully saturated rings. The van der Waals surface area contributed by atoms with Gasteiger partial charge in [0.1, 0.15) is 0 Å². The lowest BCUT2D eigenvalue weighted by atomic mass is 9.92. The molecule has 0 bridgehead atoms. The highest BCUT2D eigenvalue weighted by Crippen LogP contribution is 2.30. The minimum atomic E-state index is 0.525. The van der Waals surface area contributed by atoms with E-state index in [1.165, 1.54) is 38.8 Å². The quantitative estimate of drug-likeness (QED) is 0.571. The molecule has 0 unspecified atom stereocenters. The van der Waals surface area contributed by atoms with Gasteiger partial charge in [-0.3, -0.25) is 4.90 Å². The van der Waals surface area contributed by atoms with E-state index in [2.05, 4.69) is 27.5 Å². The second kappa shape index (κ2) is 4.45. The number of alkyl halides is 1. The maximum absolute atomic E-state index is 5.29. The zero-order chi connectivity index (χ0) is 9.26. The van der Waals surface area contributed by atoms with Gasteiger partial charge in [-0.1, -0.05) is 22.6 Å². The van der Waals surface area contributed by atoms with Crippen LogP contribution in [-0.2, 0) is 4.74 Å². The molecule has 1 aliphatic carbocycles. The fourth-order valence-electron chi connectivity index (χ4n) is 2.32. The van der Waals surface area contributed by atoms with Crippen molar-refractivity contribution in [3.8, 4) is 0 Å². The first kappa shape index (κ1) is 10.2. The van der Waals surface area contributed by atoms with Crippen LogP contribution in [0.4, 0.5) is 0 Å². The highest BCUT2D eigenvalue weighted by molar-refractivity contribution is 14.1. The van der Waals surface area contributed by atoms with E-state index in [-0.39, 0.29) is 0 Å². The predicted octanol–water partition coefficient (Wildman–Crippen LogP) is 2.06. The lowest BCUT2D eigenvalue weighted by molar-refractivity contribution is -0.0565. The van der Waals surface area contributed by atoms with Gasteiger partial charge < -0.3 is 4.74 Å². The van der Waals surface area contributed by atoms with Crippen LogP contribution in [-0.4, -0.2) is 41.2 Å². The summed E-state index contributed by atoms with van der Waals surface area (Å²) in [5.74, 6) is 0. The third-order valence-electron chi connectivity index (χ3n) is 3.35. The molecule has 3 heteroatoms. The fraction of sp³-hybridized carbons (Fsp3) is 1.00. The number of rotatable bonds is 2. The second-order valence-corrected chi connectivity index (χ2v) is 5.98. The first-order valence-corrected chi connectivity index (χ1v) is 6.45. The van der Waals surface area contributed by atoms with Crippen molar-refractivity contribution in [1.29, 1.82) is 0 Å². The molecule has 0 N–H and O–H groups in total.